The third-order valence-electron chi connectivity index (χ3n) is 11.8. The van der Waals surface area contributed by atoms with Gasteiger partial charge in [-0.15, -0.1) is 5.10 Å². The highest BCUT2D eigenvalue weighted by molar-refractivity contribution is 6.33. The highest BCUT2D eigenvalue weighted by atomic mass is 35.5. The van der Waals surface area contributed by atoms with Crippen molar-refractivity contribution in [1.82, 2.24) is 33.9 Å². The van der Waals surface area contributed by atoms with Crippen LogP contribution in [0.2, 0.25) is 5.02 Å². The second-order valence-electron chi connectivity index (χ2n) is 15.2. The lowest BCUT2D eigenvalue weighted by molar-refractivity contribution is -0.141. The van der Waals surface area contributed by atoms with E-state index in [9.17, 15) is 37.5 Å². The summed E-state index contributed by atoms with van der Waals surface area (Å²) in [6.07, 6.45) is 3.79. The average molecular weight is 779 g/mol. The van der Waals surface area contributed by atoms with Crippen LogP contribution in [0.1, 0.15) is 85.0 Å². The first kappa shape index (κ1) is 36.7. The first-order valence-electron chi connectivity index (χ1n) is 18.2. The largest absolute Gasteiger partial charge is 0.505 e. The molecule has 0 bridgehead atoms. The zero-order valence-corrected chi connectivity index (χ0v) is 30.7. The van der Waals surface area contributed by atoms with E-state index >= 15 is 0 Å². The number of benzene rings is 1. The molecule has 2 N–H and O–H groups in total. The molecule has 2 aliphatic heterocycles. The SMILES string of the molecule is CC(=O)N1CC2(CC=C(c3nc4n(CC(=O)Nc5ccc(C(F)(F)F)cc5Cl)c5c(c(=O)n4n3)C3(CCC5)CCN(C(=O)c4ncccc4O)CC3)CC2)C1. The number of aromatic hydroxyl groups is 1. The van der Waals surface area contributed by atoms with Crippen LogP contribution in [0.5, 0.6) is 5.75 Å². The molecule has 0 radical (unpaired) electrons. The number of rotatable bonds is 5. The number of hydrogen-bond acceptors (Lipinski definition) is 8. The van der Waals surface area contributed by atoms with Gasteiger partial charge in [0, 0.05) is 61.4 Å². The lowest BCUT2D eigenvalue weighted by Gasteiger charge is -2.51. The Morgan fingerprint density at radius 1 is 1.04 bits per heavy atom. The van der Waals surface area contributed by atoms with Gasteiger partial charge in [-0.05, 0) is 87.3 Å². The number of allylic oxidation sites excluding steroid dienone is 2. The lowest BCUT2D eigenvalue weighted by Crippen LogP contribution is -2.58. The number of nitrogens with one attached hydrogen (secondary N) is 1. The number of nitrogens with zero attached hydrogens (tertiary/aromatic N) is 7. The van der Waals surface area contributed by atoms with Gasteiger partial charge in [-0.25, -0.2) is 4.98 Å². The van der Waals surface area contributed by atoms with Gasteiger partial charge < -0.3 is 24.8 Å². The molecule has 3 aromatic heterocycles. The highest BCUT2D eigenvalue weighted by Crippen LogP contribution is 2.46. The van der Waals surface area contributed by atoms with E-state index in [1.165, 1.54) is 22.8 Å². The number of halogens is 4. The monoisotopic (exact) mass is 778 g/mol. The second-order valence-corrected chi connectivity index (χ2v) is 15.6. The van der Waals surface area contributed by atoms with E-state index in [4.69, 9.17) is 21.7 Å². The molecule has 55 heavy (non-hydrogen) atoms. The van der Waals surface area contributed by atoms with Crippen molar-refractivity contribution in [1.29, 1.82) is 0 Å². The number of carbonyl (C=O) groups excluding carboxylic acids is 3. The summed E-state index contributed by atoms with van der Waals surface area (Å²) < 4.78 is 42.8. The van der Waals surface area contributed by atoms with Crippen LogP contribution in [0.25, 0.3) is 11.4 Å². The topological polar surface area (TPSA) is 155 Å². The van der Waals surface area contributed by atoms with Crippen LogP contribution < -0.4 is 10.9 Å². The highest BCUT2D eigenvalue weighted by Gasteiger charge is 2.46. The van der Waals surface area contributed by atoms with Crippen molar-refractivity contribution < 1.29 is 32.7 Å². The minimum Gasteiger partial charge on any atom is -0.505 e. The first-order chi connectivity index (χ1) is 26.2. The molecule has 1 aromatic carbocycles. The number of hydrogen-bond donors (Lipinski definition) is 2. The number of fused-ring (bicyclic) bond motifs is 3. The number of pyridine rings is 1. The normalized spacial score (nSPS) is 18.9. The Balaban J connectivity index is 1.15. The molecule has 2 fully saturated rings. The van der Waals surface area contributed by atoms with Crippen molar-refractivity contribution in [3.63, 3.8) is 0 Å². The van der Waals surface area contributed by atoms with E-state index in [1.54, 1.807) is 16.4 Å². The Morgan fingerprint density at radius 3 is 2.45 bits per heavy atom. The van der Waals surface area contributed by atoms with E-state index in [0.29, 0.717) is 81.8 Å². The molecular weight excluding hydrogens is 741 g/mol. The zero-order chi connectivity index (χ0) is 38.9. The fourth-order valence-electron chi connectivity index (χ4n) is 8.81. The number of piperidine rings is 1. The van der Waals surface area contributed by atoms with Crippen LogP contribution in [0, 0.1) is 5.41 Å². The summed E-state index contributed by atoms with van der Waals surface area (Å²) in [5, 5.41) is 17.4. The smallest absolute Gasteiger partial charge is 0.416 e. The van der Waals surface area contributed by atoms with Gasteiger partial charge in [0.15, 0.2) is 11.5 Å². The molecular formula is C38H38ClF3N8O5. The van der Waals surface area contributed by atoms with E-state index in [-0.39, 0.29) is 51.4 Å². The van der Waals surface area contributed by atoms with Crippen molar-refractivity contribution in [2.75, 3.05) is 31.5 Å². The van der Waals surface area contributed by atoms with Crippen LogP contribution in [-0.4, -0.2) is 83.0 Å². The molecule has 17 heteroatoms. The molecule has 3 amide bonds. The number of likely N-dealkylation sites (tertiary alicyclic amines) is 2. The van der Waals surface area contributed by atoms with E-state index in [0.717, 1.165) is 36.6 Å². The maximum absolute atomic E-state index is 14.6. The summed E-state index contributed by atoms with van der Waals surface area (Å²) in [5.74, 6) is -0.640. The van der Waals surface area contributed by atoms with Crippen LogP contribution in [0.3, 0.4) is 0 Å². The number of anilines is 1. The molecule has 0 unspecified atom stereocenters. The Bertz CT molecular complexity index is 2340. The van der Waals surface area contributed by atoms with Gasteiger partial charge in [-0.2, -0.15) is 22.7 Å². The molecule has 2 aliphatic carbocycles. The Labute approximate surface area is 317 Å². The van der Waals surface area contributed by atoms with Gasteiger partial charge in [0.1, 0.15) is 12.3 Å². The second kappa shape index (κ2) is 13.5. The van der Waals surface area contributed by atoms with E-state index in [2.05, 4.69) is 16.4 Å². The average Bonchev–Trinajstić information content (AvgIpc) is 3.59. The molecule has 13 nitrogen and oxygen atoms in total. The third-order valence-corrected chi connectivity index (χ3v) is 12.1. The van der Waals surface area contributed by atoms with Crippen molar-refractivity contribution in [2.45, 2.75) is 76.4 Å². The molecule has 8 rings (SSSR count). The van der Waals surface area contributed by atoms with Gasteiger partial charge >= 0.3 is 6.18 Å². The fourth-order valence-corrected chi connectivity index (χ4v) is 9.04. The van der Waals surface area contributed by atoms with Gasteiger partial charge in [-0.3, -0.25) is 19.2 Å². The van der Waals surface area contributed by atoms with Crippen molar-refractivity contribution in [2.24, 2.45) is 5.41 Å². The number of alkyl halides is 3. The summed E-state index contributed by atoms with van der Waals surface area (Å²) in [4.78, 5) is 65.9. The van der Waals surface area contributed by atoms with Crippen molar-refractivity contribution in [3.05, 3.63) is 86.3 Å². The minimum absolute atomic E-state index is 0.000769. The molecule has 2 spiro atoms. The zero-order valence-electron chi connectivity index (χ0n) is 30.0. The minimum atomic E-state index is -4.61. The lowest BCUT2D eigenvalue weighted by atomic mass is 9.66. The van der Waals surface area contributed by atoms with Crippen LogP contribution in [-0.2, 0) is 34.1 Å². The molecule has 2 saturated heterocycles. The first-order valence-corrected chi connectivity index (χ1v) is 18.6. The molecule has 0 atom stereocenters. The van der Waals surface area contributed by atoms with Gasteiger partial charge in [-0.1, -0.05) is 17.7 Å². The molecule has 4 aliphatic rings. The summed E-state index contributed by atoms with van der Waals surface area (Å²) in [7, 11) is 0. The van der Waals surface area contributed by atoms with Crippen molar-refractivity contribution >= 4 is 46.4 Å². The van der Waals surface area contributed by atoms with Crippen LogP contribution in [0.4, 0.5) is 18.9 Å². The van der Waals surface area contributed by atoms with Gasteiger partial charge in [0.25, 0.3) is 11.5 Å². The molecule has 0 saturated carbocycles. The summed E-state index contributed by atoms with van der Waals surface area (Å²) in [6, 6.07) is 5.63. The summed E-state index contributed by atoms with van der Waals surface area (Å²) in [5.41, 5.74) is 0.00254. The summed E-state index contributed by atoms with van der Waals surface area (Å²) in [6.45, 7) is 3.22. The van der Waals surface area contributed by atoms with E-state index in [1.807, 2.05) is 4.90 Å². The molecule has 5 heterocycles. The Kier molecular flexibility index (Phi) is 9.01. The Morgan fingerprint density at radius 2 is 1.80 bits per heavy atom. The number of aromatic nitrogens is 5. The molecule has 4 aromatic rings. The fraction of sp³-hybridized carbons (Fsp3) is 0.447. The van der Waals surface area contributed by atoms with Crippen LogP contribution in [0.15, 0.2) is 47.4 Å². The van der Waals surface area contributed by atoms with Crippen molar-refractivity contribution in [3.8, 4) is 5.75 Å². The predicted molar refractivity (Wildman–Crippen MR) is 195 cm³/mol. The van der Waals surface area contributed by atoms with Crippen LogP contribution >= 0.6 is 11.6 Å². The summed E-state index contributed by atoms with van der Waals surface area (Å²) >= 11 is 6.18. The van der Waals surface area contributed by atoms with Gasteiger partial charge in [0.2, 0.25) is 17.6 Å². The Hall–Kier alpha value is -5.25. The number of carbonyl (C=O) groups is 3. The predicted octanol–water partition coefficient (Wildman–Crippen LogP) is 5.23. The standard InChI is InChI=1S/C38H38ClF3N8O5/c1-22(51)48-20-36(21-48)11-8-23(9-12-36)32-45-35-49(19-29(53)44-26-7-6-24(18-25(26)39)38(40,41)42)27-4-2-10-37(30(27)33(54)50(35)46-32)13-16-47(17-14-37)34(55)31-28(52)5-3-15-43-31/h3,5-8,15,18,52H,2,4,9-14,16-17,19-21H2,1H3,(H,44,53). The maximum atomic E-state index is 14.6. The third kappa shape index (κ3) is 6.53. The maximum Gasteiger partial charge on any atom is 0.416 e. The quantitative estimate of drug-likeness (QED) is 0.279. The molecule has 288 valence electrons. The van der Waals surface area contributed by atoms with Gasteiger partial charge in [0.05, 0.1) is 16.3 Å². The number of amides is 3. The van der Waals surface area contributed by atoms with E-state index < -0.39 is 29.0 Å².